The number of benzene rings is 1. The van der Waals surface area contributed by atoms with E-state index in [1.807, 2.05) is 6.20 Å². The van der Waals surface area contributed by atoms with Gasteiger partial charge < -0.3 is 5.32 Å². The summed E-state index contributed by atoms with van der Waals surface area (Å²) in [6, 6.07) is 15.2. The van der Waals surface area contributed by atoms with Crippen molar-refractivity contribution in [3.05, 3.63) is 83.3 Å². The Kier molecular flexibility index (Phi) is 7.86. The molecule has 0 radical (unpaired) electrons. The zero-order chi connectivity index (χ0) is 19.6. The molecule has 1 N–H and O–H groups in total. The quantitative estimate of drug-likeness (QED) is 0.627. The van der Waals surface area contributed by atoms with E-state index in [0.717, 1.165) is 37.3 Å². The first-order chi connectivity index (χ1) is 13.8. The average molecular weight is 376 g/mol. The first-order valence-corrected chi connectivity index (χ1v) is 10.6. The Hall–Kier alpha value is -2.39. The molecule has 2 heterocycles. The lowest BCUT2D eigenvalue weighted by atomic mass is 10.00. The lowest BCUT2D eigenvalue weighted by molar-refractivity contribution is 0.377. The second-order valence-corrected chi connectivity index (χ2v) is 7.57. The summed E-state index contributed by atoms with van der Waals surface area (Å²) in [4.78, 5) is 7.50. The number of hydrogen-bond acceptors (Lipinski definition) is 3. The summed E-state index contributed by atoms with van der Waals surface area (Å²) in [7, 11) is 0. The van der Waals surface area contributed by atoms with Crippen molar-refractivity contribution >= 4 is 5.57 Å². The number of aryl methyl sites for hydroxylation is 1. The van der Waals surface area contributed by atoms with E-state index in [1.54, 1.807) is 0 Å². The molecular formula is C25H33N3. The normalized spacial score (nSPS) is 15.4. The van der Waals surface area contributed by atoms with Gasteiger partial charge in [-0.1, -0.05) is 55.0 Å². The van der Waals surface area contributed by atoms with Gasteiger partial charge in [0, 0.05) is 30.8 Å². The third-order valence-electron chi connectivity index (χ3n) is 5.15. The smallest absolute Gasteiger partial charge is 0.0708 e. The van der Waals surface area contributed by atoms with Crippen molar-refractivity contribution in [1.29, 1.82) is 0 Å². The van der Waals surface area contributed by atoms with E-state index in [2.05, 4.69) is 78.7 Å². The average Bonchev–Trinajstić information content (AvgIpc) is 3.23. The van der Waals surface area contributed by atoms with E-state index in [9.17, 15) is 0 Å². The van der Waals surface area contributed by atoms with Crippen LogP contribution in [0, 0.1) is 6.92 Å². The molecular weight excluding hydrogens is 342 g/mol. The van der Waals surface area contributed by atoms with Gasteiger partial charge in [-0.15, -0.1) is 0 Å². The predicted octanol–water partition coefficient (Wildman–Crippen LogP) is 4.97. The molecule has 0 spiro atoms. The molecule has 3 heteroatoms. The van der Waals surface area contributed by atoms with Crippen LogP contribution in [0.1, 0.15) is 48.7 Å². The number of allylic oxidation sites excluding steroid dienone is 1. The first kappa shape index (κ1) is 20.3. The standard InChI is InChI=1S/C25H33N3/c1-3-16-26-17-7-9-23-8-6-10-25(27-23)24(15-20-28-18-4-5-19-28)22-13-11-21(2)12-14-22/h6-8,10-15,17,26H,3-5,9,16,18-20H2,1-2H3. The van der Waals surface area contributed by atoms with Crippen molar-refractivity contribution < 1.29 is 0 Å². The van der Waals surface area contributed by atoms with Gasteiger partial charge in [-0.25, -0.2) is 0 Å². The number of rotatable bonds is 9. The van der Waals surface area contributed by atoms with Crippen LogP contribution in [0.15, 0.2) is 60.8 Å². The molecule has 0 atom stereocenters. The first-order valence-electron chi connectivity index (χ1n) is 10.6. The van der Waals surface area contributed by atoms with E-state index in [0.29, 0.717) is 0 Å². The third-order valence-corrected chi connectivity index (χ3v) is 5.15. The Balaban J connectivity index is 1.80. The number of hydrogen-bond donors (Lipinski definition) is 1. The maximum atomic E-state index is 4.97. The van der Waals surface area contributed by atoms with Crippen LogP contribution in [0.4, 0.5) is 0 Å². The molecule has 148 valence electrons. The fourth-order valence-electron chi connectivity index (χ4n) is 3.52. The number of nitrogens with zero attached hydrogens (tertiary/aromatic N) is 2. The van der Waals surface area contributed by atoms with Crippen LogP contribution in [0.25, 0.3) is 5.57 Å². The highest BCUT2D eigenvalue weighted by atomic mass is 15.1. The Bertz CT molecular complexity index is 784. The Morgan fingerprint density at radius 2 is 1.89 bits per heavy atom. The monoisotopic (exact) mass is 375 g/mol. The van der Waals surface area contributed by atoms with E-state index in [-0.39, 0.29) is 0 Å². The van der Waals surface area contributed by atoms with Crippen molar-refractivity contribution in [1.82, 2.24) is 15.2 Å². The fraction of sp³-hybridized carbons (Fsp3) is 0.400. The molecule has 1 aromatic heterocycles. The summed E-state index contributed by atoms with van der Waals surface area (Å²) in [6.45, 7) is 8.74. The molecule has 1 aliphatic rings. The van der Waals surface area contributed by atoms with E-state index >= 15 is 0 Å². The van der Waals surface area contributed by atoms with Crippen LogP contribution < -0.4 is 5.32 Å². The summed E-state index contributed by atoms with van der Waals surface area (Å²) < 4.78 is 0. The summed E-state index contributed by atoms with van der Waals surface area (Å²) in [5.41, 5.74) is 5.94. The van der Waals surface area contributed by atoms with E-state index < -0.39 is 0 Å². The van der Waals surface area contributed by atoms with Crippen molar-refractivity contribution in [2.75, 3.05) is 26.2 Å². The minimum Gasteiger partial charge on any atom is -0.391 e. The zero-order valence-electron chi connectivity index (χ0n) is 17.3. The Morgan fingerprint density at radius 1 is 1.11 bits per heavy atom. The molecule has 1 aliphatic heterocycles. The van der Waals surface area contributed by atoms with Crippen LogP contribution in [0.2, 0.25) is 0 Å². The van der Waals surface area contributed by atoms with Gasteiger partial charge in [-0.3, -0.25) is 9.88 Å². The van der Waals surface area contributed by atoms with Crippen LogP contribution in [0.5, 0.6) is 0 Å². The fourth-order valence-corrected chi connectivity index (χ4v) is 3.52. The zero-order valence-corrected chi connectivity index (χ0v) is 17.3. The number of nitrogens with one attached hydrogen (secondary N) is 1. The van der Waals surface area contributed by atoms with Crippen LogP contribution >= 0.6 is 0 Å². The second-order valence-electron chi connectivity index (χ2n) is 7.57. The van der Waals surface area contributed by atoms with Gasteiger partial charge in [-0.05, 0) is 63.2 Å². The lowest BCUT2D eigenvalue weighted by Crippen LogP contribution is -2.19. The number of aromatic nitrogens is 1. The highest BCUT2D eigenvalue weighted by Crippen LogP contribution is 2.23. The van der Waals surface area contributed by atoms with Crippen LogP contribution in [-0.4, -0.2) is 36.1 Å². The number of likely N-dealkylation sites (tertiary alicyclic amines) is 1. The van der Waals surface area contributed by atoms with Gasteiger partial charge in [0.2, 0.25) is 0 Å². The lowest BCUT2D eigenvalue weighted by Gasteiger charge is -2.14. The molecule has 1 aromatic carbocycles. The number of pyridine rings is 1. The molecule has 0 amide bonds. The van der Waals surface area contributed by atoms with Gasteiger partial charge in [0.15, 0.2) is 0 Å². The summed E-state index contributed by atoms with van der Waals surface area (Å²) in [6.07, 6.45) is 11.2. The van der Waals surface area contributed by atoms with Gasteiger partial charge in [0.05, 0.1) is 5.69 Å². The summed E-state index contributed by atoms with van der Waals surface area (Å²) in [5.74, 6) is 0. The maximum Gasteiger partial charge on any atom is 0.0708 e. The molecule has 0 bridgehead atoms. The third kappa shape index (κ3) is 6.07. The molecule has 28 heavy (non-hydrogen) atoms. The van der Waals surface area contributed by atoms with Gasteiger partial charge in [-0.2, -0.15) is 0 Å². The molecule has 1 fully saturated rings. The Morgan fingerprint density at radius 3 is 2.64 bits per heavy atom. The summed E-state index contributed by atoms with van der Waals surface area (Å²) in [5, 5.41) is 3.30. The SMILES string of the molecule is CCCNC=CCc1cccc(C(=CCN2CCCC2)c2ccc(C)cc2)n1. The van der Waals surface area contributed by atoms with Crippen molar-refractivity contribution in [2.45, 2.75) is 39.5 Å². The maximum absolute atomic E-state index is 4.97. The highest BCUT2D eigenvalue weighted by Gasteiger charge is 2.12. The summed E-state index contributed by atoms with van der Waals surface area (Å²) >= 11 is 0. The largest absolute Gasteiger partial charge is 0.391 e. The molecule has 0 aliphatic carbocycles. The van der Waals surface area contributed by atoms with Crippen LogP contribution in [-0.2, 0) is 6.42 Å². The molecule has 2 aromatic rings. The van der Waals surface area contributed by atoms with Crippen molar-refractivity contribution in [3.8, 4) is 0 Å². The predicted molar refractivity (Wildman–Crippen MR) is 119 cm³/mol. The van der Waals surface area contributed by atoms with Crippen LogP contribution in [0.3, 0.4) is 0 Å². The van der Waals surface area contributed by atoms with Gasteiger partial charge >= 0.3 is 0 Å². The van der Waals surface area contributed by atoms with Crippen molar-refractivity contribution in [3.63, 3.8) is 0 Å². The molecule has 3 rings (SSSR count). The van der Waals surface area contributed by atoms with Gasteiger partial charge in [0.1, 0.15) is 0 Å². The minimum absolute atomic E-state index is 0.845. The van der Waals surface area contributed by atoms with Gasteiger partial charge in [0.25, 0.3) is 0 Å². The minimum atomic E-state index is 0.845. The molecule has 0 saturated carbocycles. The van der Waals surface area contributed by atoms with E-state index in [1.165, 1.54) is 42.6 Å². The molecule has 3 nitrogen and oxygen atoms in total. The second kappa shape index (κ2) is 10.8. The Labute approximate surface area is 170 Å². The molecule has 0 unspecified atom stereocenters. The molecule has 1 saturated heterocycles. The van der Waals surface area contributed by atoms with Crippen molar-refractivity contribution in [2.24, 2.45) is 0 Å². The highest BCUT2D eigenvalue weighted by molar-refractivity contribution is 5.78. The topological polar surface area (TPSA) is 28.2 Å². The van der Waals surface area contributed by atoms with E-state index in [4.69, 9.17) is 4.98 Å².